The van der Waals surface area contributed by atoms with Gasteiger partial charge in [0.15, 0.2) is 0 Å². The molecule has 2 aromatic rings. The molecule has 1 aromatic heterocycles. The molecule has 2 N–H and O–H groups in total. The summed E-state index contributed by atoms with van der Waals surface area (Å²) in [5.41, 5.74) is 7.99. The number of fused-ring (bicyclic) bond motifs is 1. The first-order chi connectivity index (χ1) is 9.65. The van der Waals surface area contributed by atoms with Crippen molar-refractivity contribution in [3.05, 3.63) is 47.7 Å². The summed E-state index contributed by atoms with van der Waals surface area (Å²) in [6.07, 6.45) is 2.44. The van der Waals surface area contributed by atoms with Crippen molar-refractivity contribution < 1.29 is 9.53 Å². The molecular formula is C15H15N3O2. The quantitative estimate of drug-likeness (QED) is 0.903. The van der Waals surface area contributed by atoms with Crippen LogP contribution in [0.25, 0.3) is 0 Å². The van der Waals surface area contributed by atoms with Crippen LogP contribution in [0.4, 0.5) is 11.5 Å². The van der Waals surface area contributed by atoms with Crippen LogP contribution in [-0.2, 0) is 6.42 Å². The number of amides is 1. The summed E-state index contributed by atoms with van der Waals surface area (Å²) < 4.78 is 5.44. The van der Waals surface area contributed by atoms with Gasteiger partial charge in [0.25, 0.3) is 5.91 Å². The SMILES string of the molecule is CN(C(=O)c1ccc2c(c1)CCO2)c1ccc(N)nc1. The fourth-order valence-electron chi connectivity index (χ4n) is 2.23. The van der Waals surface area contributed by atoms with E-state index in [1.54, 1.807) is 36.3 Å². The van der Waals surface area contributed by atoms with Gasteiger partial charge in [0.05, 0.1) is 18.5 Å². The topological polar surface area (TPSA) is 68.5 Å². The molecule has 2 heterocycles. The molecule has 1 aliphatic rings. The number of nitrogens with zero attached hydrogens (tertiary/aromatic N) is 2. The molecule has 0 unspecified atom stereocenters. The van der Waals surface area contributed by atoms with Gasteiger partial charge in [0.1, 0.15) is 11.6 Å². The van der Waals surface area contributed by atoms with Crippen molar-refractivity contribution in [2.45, 2.75) is 6.42 Å². The normalized spacial score (nSPS) is 12.7. The fraction of sp³-hybridized carbons (Fsp3) is 0.200. The Labute approximate surface area is 117 Å². The van der Waals surface area contributed by atoms with Gasteiger partial charge in [-0.25, -0.2) is 4.98 Å². The van der Waals surface area contributed by atoms with Gasteiger partial charge in [-0.15, -0.1) is 0 Å². The maximum atomic E-state index is 12.5. The molecule has 1 aliphatic heterocycles. The van der Waals surface area contributed by atoms with Crippen LogP contribution in [0.15, 0.2) is 36.5 Å². The van der Waals surface area contributed by atoms with Crippen LogP contribution in [0.5, 0.6) is 5.75 Å². The van der Waals surface area contributed by atoms with Gasteiger partial charge in [-0.2, -0.15) is 0 Å². The van der Waals surface area contributed by atoms with Crippen molar-refractivity contribution in [3.63, 3.8) is 0 Å². The molecule has 0 spiro atoms. The largest absolute Gasteiger partial charge is 0.493 e. The van der Waals surface area contributed by atoms with E-state index in [0.29, 0.717) is 23.7 Å². The molecule has 3 rings (SSSR count). The average molecular weight is 269 g/mol. The van der Waals surface area contributed by atoms with E-state index in [9.17, 15) is 4.79 Å². The van der Waals surface area contributed by atoms with E-state index in [-0.39, 0.29) is 5.91 Å². The summed E-state index contributed by atoms with van der Waals surface area (Å²) in [5, 5.41) is 0. The van der Waals surface area contributed by atoms with Gasteiger partial charge in [-0.05, 0) is 35.9 Å². The number of rotatable bonds is 2. The third kappa shape index (κ3) is 2.18. The maximum absolute atomic E-state index is 12.5. The van der Waals surface area contributed by atoms with Crippen LogP contribution >= 0.6 is 0 Å². The minimum Gasteiger partial charge on any atom is -0.493 e. The summed E-state index contributed by atoms with van der Waals surface area (Å²) in [5.74, 6) is 1.23. The molecule has 0 radical (unpaired) electrons. The number of nitrogen functional groups attached to an aromatic ring is 1. The van der Waals surface area contributed by atoms with Crippen LogP contribution in [0.2, 0.25) is 0 Å². The lowest BCUT2D eigenvalue weighted by molar-refractivity contribution is 0.0993. The number of carbonyl (C=O) groups is 1. The Hall–Kier alpha value is -2.56. The van der Waals surface area contributed by atoms with Crippen molar-refractivity contribution in [1.82, 2.24) is 4.98 Å². The second kappa shape index (κ2) is 4.85. The van der Waals surface area contributed by atoms with Crippen LogP contribution in [-0.4, -0.2) is 24.5 Å². The first-order valence-corrected chi connectivity index (χ1v) is 6.40. The Kier molecular flexibility index (Phi) is 3.02. The first kappa shape index (κ1) is 12.5. The molecule has 1 aromatic carbocycles. The smallest absolute Gasteiger partial charge is 0.258 e. The van der Waals surface area contributed by atoms with E-state index >= 15 is 0 Å². The Morgan fingerprint density at radius 1 is 1.35 bits per heavy atom. The summed E-state index contributed by atoms with van der Waals surface area (Å²) in [4.78, 5) is 18.0. The zero-order valence-electron chi connectivity index (χ0n) is 11.2. The number of carbonyl (C=O) groups excluding carboxylic acids is 1. The maximum Gasteiger partial charge on any atom is 0.258 e. The Bertz CT molecular complexity index is 653. The number of pyridine rings is 1. The van der Waals surface area contributed by atoms with Crippen LogP contribution in [0.1, 0.15) is 15.9 Å². The summed E-state index contributed by atoms with van der Waals surface area (Å²) in [6.45, 7) is 0.685. The van der Waals surface area contributed by atoms with Gasteiger partial charge in [-0.1, -0.05) is 0 Å². The lowest BCUT2D eigenvalue weighted by atomic mass is 10.1. The fourth-order valence-corrected chi connectivity index (χ4v) is 2.23. The van der Waals surface area contributed by atoms with Gasteiger partial charge in [0.2, 0.25) is 0 Å². The van der Waals surface area contributed by atoms with Crippen molar-refractivity contribution >= 4 is 17.4 Å². The van der Waals surface area contributed by atoms with Gasteiger partial charge in [0, 0.05) is 19.0 Å². The second-order valence-corrected chi connectivity index (χ2v) is 4.73. The summed E-state index contributed by atoms with van der Waals surface area (Å²) >= 11 is 0. The average Bonchev–Trinajstić information content (AvgIpc) is 2.94. The van der Waals surface area contributed by atoms with Gasteiger partial charge in [-0.3, -0.25) is 4.79 Å². The molecule has 0 saturated carbocycles. The molecule has 0 atom stereocenters. The molecule has 0 fully saturated rings. The molecule has 5 heteroatoms. The van der Waals surface area contributed by atoms with E-state index in [2.05, 4.69) is 4.98 Å². The van der Waals surface area contributed by atoms with Crippen LogP contribution in [0.3, 0.4) is 0 Å². The zero-order valence-corrected chi connectivity index (χ0v) is 11.2. The van der Waals surface area contributed by atoms with Gasteiger partial charge < -0.3 is 15.4 Å². The highest BCUT2D eigenvalue weighted by atomic mass is 16.5. The second-order valence-electron chi connectivity index (χ2n) is 4.73. The number of hydrogen-bond acceptors (Lipinski definition) is 4. The number of aromatic nitrogens is 1. The third-order valence-corrected chi connectivity index (χ3v) is 3.40. The molecule has 102 valence electrons. The van der Waals surface area contributed by atoms with Crippen LogP contribution < -0.4 is 15.4 Å². The molecular weight excluding hydrogens is 254 g/mol. The highest BCUT2D eigenvalue weighted by Crippen LogP contribution is 2.26. The minimum atomic E-state index is -0.0775. The highest BCUT2D eigenvalue weighted by Gasteiger charge is 2.18. The molecule has 1 amide bonds. The van der Waals surface area contributed by atoms with Crippen molar-refractivity contribution in [1.29, 1.82) is 0 Å². The molecule has 0 saturated heterocycles. The number of ether oxygens (including phenoxy) is 1. The van der Waals surface area contributed by atoms with E-state index in [1.165, 1.54) is 0 Å². The van der Waals surface area contributed by atoms with Crippen molar-refractivity contribution in [2.24, 2.45) is 0 Å². The summed E-state index contributed by atoms with van der Waals surface area (Å²) in [6, 6.07) is 8.98. The van der Waals surface area contributed by atoms with Crippen molar-refractivity contribution in [3.8, 4) is 5.75 Å². The number of nitrogens with two attached hydrogens (primary N) is 1. The third-order valence-electron chi connectivity index (χ3n) is 3.40. The lowest BCUT2D eigenvalue weighted by Gasteiger charge is -2.17. The summed E-state index contributed by atoms with van der Waals surface area (Å²) in [7, 11) is 1.72. The Morgan fingerprint density at radius 3 is 2.95 bits per heavy atom. The molecule has 0 aliphatic carbocycles. The predicted molar refractivity (Wildman–Crippen MR) is 77.0 cm³/mol. The number of hydrogen-bond donors (Lipinski definition) is 1. The first-order valence-electron chi connectivity index (χ1n) is 6.40. The molecule has 0 bridgehead atoms. The molecule has 5 nitrogen and oxygen atoms in total. The van der Waals surface area contributed by atoms with E-state index < -0.39 is 0 Å². The zero-order chi connectivity index (χ0) is 14.1. The Balaban J connectivity index is 1.86. The number of anilines is 2. The van der Waals surface area contributed by atoms with Gasteiger partial charge >= 0.3 is 0 Å². The van der Waals surface area contributed by atoms with E-state index in [1.807, 2.05) is 12.1 Å². The Morgan fingerprint density at radius 2 is 2.20 bits per heavy atom. The monoisotopic (exact) mass is 269 g/mol. The lowest BCUT2D eigenvalue weighted by Crippen LogP contribution is -2.26. The standard InChI is InChI=1S/C15H15N3O2/c1-18(12-3-5-14(16)17-9-12)15(19)11-2-4-13-10(8-11)6-7-20-13/h2-5,8-9H,6-7H2,1H3,(H2,16,17). The predicted octanol–water partition coefficient (Wildman–Crippen LogP) is 1.88. The van der Waals surface area contributed by atoms with E-state index in [0.717, 1.165) is 17.7 Å². The molecule has 20 heavy (non-hydrogen) atoms. The minimum absolute atomic E-state index is 0.0775. The highest BCUT2D eigenvalue weighted by molar-refractivity contribution is 6.05. The van der Waals surface area contributed by atoms with Crippen molar-refractivity contribution in [2.75, 3.05) is 24.3 Å². The van der Waals surface area contributed by atoms with E-state index in [4.69, 9.17) is 10.5 Å². The number of benzene rings is 1. The van der Waals surface area contributed by atoms with Crippen LogP contribution in [0, 0.1) is 0 Å².